The number of hydrogen-bond donors (Lipinski definition) is 0. The summed E-state index contributed by atoms with van der Waals surface area (Å²) in [5.41, 5.74) is -0.0565. The predicted octanol–water partition coefficient (Wildman–Crippen LogP) is 2.64. The van der Waals surface area contributed by atoms with Crippen molar-refractivity contribution in [2.45, 2.75) is 19.3 Å². The Morgan fingerprint density at radius 3 is 1.94 bits per heavy atom. The number of benzene rings is 1. The van der Waals surface area contributed by atoms with Crippen LogP contribution in [0, 0.1) is 17.1 Å². The van der Waals surface area contributed by atoms with E-state index in [0.29, 0.717) is 5.56 Å². The van der Waals surface area contributed by atoms with Gasteiger partial charge in [0.2, 0.25) is 5.82 Å². The van der Waals surface area contributed by atoms with Crippen molar-refractivity contribution >= 4 is 0 Å². The third-order valence-corrected chi connectivity index (χ3v) is 2.45. The quantitative estimate of drug-likeness (QED) is 0.791. The average molecular weight is 223 g/mol. The zero-order chi connectivity index (χ0) is 12.3. The Morgan fingerprint density at radius 1 is 1.19 bits per heavy atom. The highest BCUT2D eigenvalue weighted by Gasteiger charge is 2.23. The summed E-state index contributed by atoms with van der Waals surface area (Å²) in [5.74, 6) is -0.391. The molecular weight excluding hydrogens is 209 g/mol. The molecule has 0 spiro atoms. The van der Waals surface area contributed by atoms with Crippen LogP contribution in [0.25, 0.3) is 0 Å². The molecule has 16 heavy (non-hydrogen) atoms. The molecule has 0 amide bonds. The smallest absolute Gasteiger partial charge is 0.206 e. The minimum Gasteiger partial charge on any atom is -0.494 e. The summed E-state index contributed by atoms with van der Waals surface area (Å²) >= 11 is 0. The van der Waals surface area contributed by atoms with Crippen LogP contribution in [0.15, 0.2) is 12.1 Å². The molecule has 0 aromatic heterocycles. The van der Waals surface area contributed by atoms with Crippen molar-refractivity contribution in [3.05, 3.63) is 23.5 Å². The van der Waals surface area contributed by atoms with E-state index < -0.39 is 11.2 Å². The summed E-state index contributed by atoms with van der Waals surface area (Å²) in [6.45, 7) is 3.50. The highest BCUT2D eigenvalue weighted by molar-refractivity contribution is 5.45. The van der Waals surface area contributed by atoms with Crippen LogP contribution >= 0.6 is 0 Å². The minimum atomic E-state index is -0.714. The lowest BCUT2D eigenvalue weighted by Gasteiger charge is -2.18. The third-order valence-electron chi connectivity index (χ3n) is 2.45. The van der Waals surface area contributed by atoms with Gasteiger partial charge in [-0.15, -0.1) is 0 Å². The van der Waals surface area contributed by atoms with Gasteiger partial charge >= 0.3 is 0 Å². The Hall–Kier alpha value is -1.76. The molecule has 3 nitrogen and oxygen atoms in total. The predicted molar refractivity (Wildman–Crippen MR) is 58.1 cm³/mol. The van der Waals surface area contributed by atoms with E-state index in [9.17, 15) is 4.39 Å². The van der Waals surface area contributed by atoms with Crippen LogP contribution in [0.3, 0.4) is 0 Å². The van der Waals surface area contributed by atoms with E-state index in [-0.39, 0.29) is 11.5 Å². The molecule has 1 rings (SSSR count). The summed E-state index contributed by atoms with van der Waals surface area (Å²) in [6, 6.07) is 5.18. The first-order chi connectivity index (χ1) is 7.46. The Balaban J connectivity index is 3.40. The minimum absolute atomic E-state index is 0.0812. The number of rotatable bonds is 3. The highest BCUT2D eigenvalue weighted by Crippen LogP contribution is 2.33. The normalized spacial score (nSPS) is 10.8. The van der Waals surface area contributed by atoms with Gasteiger partial charge in [-0.25, -0.2) is 0 Å². The topological polar surface area (TPSA) is 42.2 Å². The number of hydrogen-bond acceptors (Lipinski definition) is 3. The molecule has 86 valence electrons. The van der Waals surface area contributed by atoms with Gasteiger partial charge < -0.3 is 9.47 Å². The molecular formula is C12H14FNO2. The molecule has 0 aliphatic heterocycles. The fraction of sp³-hybridized carbons (Fsp3) is 0.417. The standard InChI is InChI=1S/C12H14FNO2/c1-12(2,7-14)8-5-9(15-3)11(13)10(6-8)16-4/h5-6H,1-4H3. The van der Waals surface area contributed by atoms with E-state index in [1.165, 1.54) is 26.4 Å². The van der Waals surface area contributed by atoms with E-state index in [1.807, 2.05) is 0 Å². The van der Waals surface area contributed by atoms with Gasteiger partial charge in [-0.3, -0.25) is 0 Å². The highest BCUT2D eigenvalue weighted by atomic mass is 19.1. The van der Waals surface area contributed by atoms with E-state index in [1.54, 1.807) is 13.8 Å². The zero-order valence-electron chi connectivity index (χ0n) is 9.80. The number of nitrogens with zero attached hydrogens (tertiary/aromatic N) is 1. The first-order valence-electron chi connectivity index (χ1n) is 4.79. The second-order valence-corrected chi connectivity index (χ2v) is 3.93. The molecule has 1 aromatic carbocycles. The van der Waals surface area contributed by atoms with E-state index in [2.05, 4.69) is 6.07 Å². The molecule has 0 atom stereocenters. The van der Waals surface area contributed by atoms with Crippen LogP contribution < -0.4 is 9.47 Å². The summed E-state index contributed by atoms with van der Waals surface area (Å²) in [5, 5.41) is 9.02. The fourth-order valence-electron chi connectivity index (χ4n) is 1.29. The van der Waals surface area contributed by atoms with E-state index in [4.69, 9.17) is 14.7 Å². The van der Waals surface area contributed by atoms with Crippen LogP contribution in [-0.2, 0) is 5.41 Å². The van der Waals surface area contributed by atoms with Gasteiger partial charge in [0.25, 0.3) is 0 Å². The molecule has 0 aliphatic carbocycles. The van der Waals surface area contributed by atoms with Crippen molar-refractivity contribution in [3.63, 3.8) is 0 Å². The van der Waals surface area contributed by atoms with Crippen molar-refractivity contribution in [1.29, 1.82) is 5.26 Å². The van der Waals surface area contributed by atoms with Crippen molar-refractivity contribution in [2.75, 3.05) is 14.2 Å². The second-order valence-electron chi connectivity index (χ2n) is 3.93. The molecule has 0 radical (unpaired) electrons. The van der Waals surface area contributed by atoms with E-state index >= 15 is 0 Å². The molecule has 1 aromatic rings. The molecule has 0 bridgehead atoms. The molecule has 0 aliphatic rings. The van der Waals surface area contributed by atoms with Crippen LogP contribution in [-0.4, -0.2) is 14.2 Å². The molecule has 0 unspecified atom stereocenters. The van der Waals surface area contributed by atoms with Crippen LogP contribution in [0.2, 0.25) is 0 Å². The molecule has 0 fully saturated rings. The molecule has 4 heteroatoms. The summed E-state index contributed by atoms with van der Waals surface area (Å²) in [7, 11) is 2.75. The largest absolute Gasteiger partial charge is 0.494 e. The average Bonchev–Trinajstić information content (AvgIpc) is 2.29. The van der Waals surface area contributed by atoms with Crippen molar-refractivity contribution in [1.82, 2.24) is 0 Å². The lowest BCUT2D eigenvalue weighted by Crippen LogP contribution is -2.14. The van der Waals surface area contributed by atoms with Crippen molar-refractivity contribution in [3.8, 4) is 17.6 Å². The Bertz CT molecular complexity index is 410. The maximum absolute atomic E-state index is 13.6. The Kier molecular flexibility index (Phi) is 3.38. The number of halogens is 1. The van der Waals surface area contributed by atoms with Gasteiger partial charge in [0.1, 0.15) is 0 Å². The van der Waals surface area contributed by atoms with Gasteiger partial charge in [-0.1, -0.05) is 0 Å². The van der Waals surface area contributed by atoms with Crippen molar-refractivity contribution < 1.29 is 13.9 Å². The number of methoxy groups -OCH3 is 2. The molecule has 0 heterocycles. The number of ether oxygens (including phenoxy) is 2. The van der Waals surface area contributed by atoms with Gasteiger partial charge in [-0.05, 0) is 31.5 Å². The Labute approximate surface area is 94.4 Å². The summed E-state index contributed by atoms with van der Waals surface area (Å²) < 4.78 is 23.4. The maximum Gasteiger partial charge on any atom is 0.206 e. The van der Waals surface area contributed by atoms with Crippen molar-refractivity contribution in [2.24, 2.45) is 0 Å². The van der Waals surface area contributed by atoms with Gasteiger partial charge in [-0.2, -0.15) is 9.65 Å². The van der Waals surface area contributed by atoms with Crippen LogP contribution in [0.5, 0.6) is 11.5 Å². The lowest BCUT2D eigenvalue weighted by atomic mass is 9.86. The molecule has 0 saturated carbocycles. The maximum atomic E-state index is 13.6. The lowest BCUT2D eigenvalue weighted by molar-refractivity contribution is 0.348. The number of nitriles is 1. The Morgan fingerprint density at radius 2 is 1.62 bits per heavy atom. The fourth-order valence-corrected chi connectivity index (χ4v) is 1.29. The molecule has 0 N–H and O–H groups in total. The first kappa shape index (κ1) is 12.3. The summed E-state index contributed by atoms with van der Waals surface area (Å²) in [4.78, 5) is 0. The van der Waals surface area contributed by atoms with Crippen LogP contribution in [0.4, 0.5) is 4.39 Å². The first-order valence-corrected chi connectivity index (χ1v) is 4.79. The van der Waals surface area contributed by atoms with Gasteiger partial charge in [0.05, 0.1) is 25.7 Å². The van der Waals surface area contributed by atoms with Gasteiger partial charge in [0.15, 0.2) is 11.5 Å². The third kappa shape index (κ3) is 2.08. The SMILES string of the molecule is COc1cc(C(C)(C)C#N)cc(OC)c1F. The zero-order valence-corrected chi connectivity index (χ0v) is 9.80. The van der Waals surface area contributed by atoms with E-state index in [0.717, 1.165) is 0 Å². The second kappa shape index (κ2) is 4.40. The monoisotopic (exact) mass is 223 g/mol. The summed E-state index contributed by atoms with van der Waals surface area (Å²) in [6.07, 6.45) is 0. The molecule has 0 saturated heterocycles. The van der Waals surface area contributed by atoms with Crippen LogP contribution in [0.1, 0.15) is 19.4 Å². The van der Waals surface area contributed by atoms with Gasteiger partial charge in [0, 0.05) is 0 Å².